The van der Waals surface area contributed by atoms with Crippen LogP contribution in [-0.4, -0.2) is 6.61 Å². The van der Waals surface area contributed by atoms with E-state index in [4.69, 9.17) is 4.74 Å². The first-order chi connectivity index (χ1) is 12.6. The average Bonchev–Trinajstić information content (AvgIpc) is 3.23. The van der Waals surface area contributed by atoms with Crippen molar-refractivity contribution in [1.29, 1.82) is 0 Å². The third kappa shape index (κ3) is 2.84. The molecule has 3 atom stereocenters. The Labute approximate surface area is 153 Å². The summed E-state index contributed by atoms with van der Waals surface area (Å²) in [6, 6.07) is 10.9. The van der Waals surface area contributed by atoms with Crippen molar-refractivity contribution in [2.75, 3.05) is 6.61 Å². The van der Waals surface area contributed by atoms with E-state index in [1.807, 2.05) is 24.3 Å². The van der Waals surface area contributed by atoms with Gasteiger partial charge >= 0.3 is 0 Å². The van der Waals surface area contributed by atoms with E-state index >= 15 is 0 Å². The van der Waals surface area contributed by atoms with Crippen LogP contribution in [0.5, 0.6) is 5.75 Å². The Balaban J connectivity index is 1.60. The molecule has 0 aliphatic heterocycles. The summed E-state index contributed by atoms with van der Waals surface area (Å²) in [4.78, 5) is 0. The van der Waals surface area contributed by atoms with Gasteiger partial charge in [-0.1, -0.05) is 37.3 Å². The van der Waals surface area contributed by atoms with Crippen LogP contribution >= 0.6 is 0 Å². The van der Waals surface area contributed by atoms with Crippen molar-refractivity contribution >= 4 is 5.57 Å². The Bertz CT molecular complexity index is 838. The minimum absolute atomic E-state index is 0.0390. The van der Waals surface area contributed by atoms with E-state index in [2.05, 4.69) is 13.0 Å². The maximum absolute atomic E-state index is 14.4. The van der Waals surface area contributed by atoms with Crippen LogP contribution in [0.2, 0.25) is 0 Å². The molecule has 0 saturated heterocycles. The Morgan fingerprint density at radius 3 is 2.42 bits per heavy atom. The molecule has 0 radical (unpaired) electrons. The molecule has 0 spiro atoms. The summed E-state index contributed by atoms with van der Waals surface area (Å²) in [6.07, 6.45) is 6.11. The number of allylic oxidation sites excluding steroid dienone is 2. The molecule has 0 aromatic heterocycles. The number of fused-ring (bicyclic) bond motifs is 1. The molecule has 0 amide bonds. The lowest BCUT2D eigenvalue weighted by Crippen LogP contribution is -2.08. The van der Waals surface area contributed by atoms with E-state index in [1.165, 1.54) is 36.5 Å². The molecule has 2 aromatic carbocycles. The molecule has 2 aliphatic carbocycles. The van der Waals surface area contributed by atoms with Gasteiger partial charge in [0.25, 0.3) is 0 Å². The normalized spacial score (nSPS) is 24.5. The molecule has 1 nitrogen and oxygen atoms in total. The minimum Gasteiger partial charge on any atom is -0.491 e. The quantitative estimate of drug-likeness (QED) is 0.610. The first-order valence-corrected chi connectivity index (χ1v) is 9.51. The summed E-state index contributed by atoms with van der Waals surface area (Å²) < 4.78 is 33.7. The average molecular weight is 354 g/mol. The summed E-state index contributed by atoms with van der Waals surface area (Å²) in [7, 11) is 0. The van der Waals surface area contributed by atoms with Crippen molar-refractivity contribution < 1.29 is 13.5 Å². The highest BCUT2D eigenvalue weighted by Gasteiger charge is 2.38. The first-order valence-electron chi connectivity index (χ1n) is 9.51. The number of halogens is 2. The molecule has 0 N–H and O–H groups in total. The maximum Gasteiger partial charge on any atom is 0.201 e. The van der Waals surface area contributed by atoms with Crippen LogP contribution in [0.25, 0.3) is 16.7 Å². The fourth-order valence-corrected chi connectivity index (χ4v) is 4.66. The molecule has 3 unspecified atom stereocenters. The van der Waals surface area contributed by atoms with Gasteiger partial charge in [-0.05, 0) is 72.8 Å². The van der Waals surface area contributed by atoms with Crippen LogP contribution in [0, 0.1) is 29.4 Å². The standard InChI is InChI=1S/C23H24F2O/c1-3-26-21-13-12-19(22(24)23(21)25)16-7-5-15(6-8-16)18-11-10-17-14(2)4-9-20(17)18/h5-8,11-14,17,20H,3-4,9-10H2,1-2H3. The molecular weight excluding hydrogens is 330 g/mol. The van der Waals surface area contributed by atoms with Gasteiger partial charge in [0, 0.05) is 5.56 Å². The number of rotatable bonds is 4. The van der Waals surface area contributed by atoms with Gasteiger partial charge in [-0.15, -0.1) is 0 Å². The van der Waals surface area contributed by atoms with Gasteiger partial charge in [-0.2, -0.15) is 4.39 Å². The second kappa shape index (κ2) is 6.86. The first kappa shape index (κ1) is 17.3. The van der Waals surface area contributed by atoms with Crippen molar-refractivity contribution in [3.8, 4) is 16.9 Å². The van der Waals surface area contributed by atoms with E-state index in [1.54, 1.807) is 13.0 Å². The van der Waals surface area contributed by atoms with Gasteiger partial charge in [0.05, 0.1) is 6.61 Å². The zero-order valence-corrected chi connectivity index (χ0v) is 15.3. The highest BCUT2D eigenvalue weighted by atomic mass is 19.2. The molecule has 2 aliphatic rings. The van der Waals surface area contributed by atoms with E-state index < -0.39 is 11.6 Å². The van der Waals surface area contributed by atoms with Gasteiger partial charge in [0.1, 0.15) is 0 Å². The van der Waals surface area contributed by atoms with Gasteiger partial charge < -0.3 is 4.74 Å². The van der Waals surface area contributed by atoms with Crippen LogP contribution in [0.1, 0.15) is 38.7 Å². The molecule has 2 aromatic rings. The summed E-state index contributed by atoms with van der Waals surface area (Å²) in [5, 5.41) is 0. The van der Waals surface area contributed by atoms with Gasteiger partial charge in [0.2, 0.25) is 5.82 Å². The Hall–Kier alpha value is -2.16. The summed E-state index contributed by atoms with van der Waals surface area (Å²) >= 11 is 0. The summed E-state index contributed by atoms with van der Waals surface area (Å²) in [6.45, 7) is 4.41. The fraction of sp³-hybridized carbons (Fsp3) is 0.391. The highest BCUT2D eigenvalue weighted by Crippen LogP contribution is 2.50. The number of hydrogen-bond donors (Lipinski definition) is 0. The SMILES string of the molecule is CCOc1ccc(-c2ccc(C3=CCC4C(C)CCC34)cc2)c(F)c1F. The Morgan fingerprint density at radius 2 is 1.69 bits per heavy atom. The summed E-state index contributed by atoms with van der Waals surface area (Å²) in [5.41, 5.74) is 3.60. The van der Waals surface area contributed by atoms with Crippen molar-refractivity contribution in [1.82, 2.24) is 0 Å². The van der Waals surface area contributed by atoms with E-state index in [9.17, 15) is 8.78 Å². The molecule has 136 valence electrons. The van der Waals surface area contributed by atoms with Crippen LogP contribution in [0.3, 0.4) is 0 Å². The van der Waals surface area contributed by atoms with Crippen LogP contribution < -0.4 is 4.74 Å². The lowest BCUT2D eigenvalue weighted by molar-refractivity contribution is 0.314. The van der Waals surface area contributed by atoms with E-state index in [0.29, 0.717) is 18.1 Å². The van der Waals surface area contributed by atoms with Gasteiger partial charge in [0.15, 0.2) is 11.6 Å². The third-order valence-corrected chi connectivity index (χ3v) is 6.07. The largest absolute Gasteiger partial charge is 0.491 e. The van der Waals surface area contributed by atoms with Gasteiger partial charge in [-0.3, -0.25) is 0 Å². The number of benzene rings is 2. The lowest BCUT2D eigenvalue weighted by Gasteiger charge is -2.17. The second-order valence-electron chi connectivity index (χ2n) is 7.47. The number of ether oxygens (including phenoxy) is 1. The highest BCUT2D eigenvalue weighted by molar-refractivity contribution is 5.73. The van der Waals surface area contributed by atoms with Crippen LogP contribution in [-0.2, 0) is 0 Å². The van der Waals surface area contributed by atoms with Crippen molar-refractivity contribution in [2.45, 2.75) is 33.1 Å². The predicted octanol–water partition coefficient (Wildman–Crippen LogP) is 6.48. The van der Waals surface area contributed by atoms with Crippen molar-refractivity contribution in [2.24, 2.45) is 17.8 Å². The molecule has 0 heterocycles. The molecule has 1 fully saturated rings. The Kier molecular flexibility index (Phi) is 4.56. The summed E-state index contributed by atoms with van der Waals surface area (Å²) in [5.74, 6) is 0.429. The third-order valence-electron chi connectivity index (χ3n) is 6.07. The van der Waals surface area contributed by atoms with Gasteiger partial charge in [-0.25, -0.2) is 4.39 Å². The second-order valence-corrected chi connectivity index (χ2v) is 7.47. The topological polar surface area (TPSA) is 9.23 Å². The molecular formula is C23H24F2O. The van der Waals surface area contributed by atoms with Crippen molar-refractivity contribution in [3.05, 3.63) is 59.7 Å². The zero-order valence-electron chi connectivity index (χ0n) is 15.3. The molecule has 3 heteroatoms. The predicted molar refractivity (Wildman–Crippen MR) is 101 cm³/mol. The molecule has 1 saturated carbocycles. The lowest BCUT2D eigenvalue weighted by atomic mass is 9.87. The zero-order chi connectivity index (χ0) is 18.3. The molecule has 0 bridgehead atoms. The van der Waals surface area contributed by atoms with Crippen LogP contribution in [0.15, 0.2) is 42.5 Å². The van der Waals surface area contributed by atoms with E-state index in [-0.39, 0.29) is 11.3 Å². The Morgan fingerprint density at radius 1 is 0.962 bits per heavy atom. The smallest absolute Gasteiger partial charge is 0.201 e. The number of hydrogen-bond acceptors (Lipinski definition) is 1. The monoisotopic (exact) mass is 354 g/mol. The van der Waals surface area contributed by atoms with Crippen molar-refractivity contribution in [3.63, 3.8) is 0 Å². The molecule has 4 rings (SSSR count). The molecule has 26 heavy (non-hydrogen) atoms. The fourth-order valence-electron chi connectivity index (χ4n) is 4.66. The van der Waals surface area contributed by atoms with Crippen LogP contribution in [0.4, 0.5) is 8.78 Å². The maximum atomic E-state index is 14.4. The van der Waals surface area contributed by atoms with E-state index in [0.717, 1.165) is 11.8 Å². The minimum atomic E-state index is -0.922.